The lowest BCUT2D eigenvalue weighted by molar-refractivity contribution is 0.200. The lowest BCUT2D eigenvalue weighted by atomic mass is 9.95. The van der Waals surface area contributed by atoms with Crippen LogP contribution in [0.1, 0.15) is 36.7 Å². The molecule has 2 heterocycles. The van der Waals surface area contributed by atoms with Gasteiger partial charge in [-0.2, -0.15) is 0 Å². The van der Waals surface area contributed by atoms with E-state index in [1.807, 2.05) is 0 Å². The van der Waals surface area contributed by atoms with E-state index in [1.165, 1.54) is 29.8 Å². The van der Waals surface area contributed by atoms with Crippen LogP contribution in [0, 0.1) is 6.92 Å². The van der Waals surface area contributed by atoms with Gasteiger partial charge in [-0.25, -0.2) is 9.97 Å². The maximum Gasteiger partial charge on any atom is 0.225 e. The first-order valence-electron chi connectivity index (χ1n) is 8.24. The summed E-state index contributed by atoms with van der Waals surface area (Å²) in [6, 6.07) is 0.471. The van der Waals surface area contributed by atoms with Gasteiger partial charge in [-0.05, 0) is 45.1 Å². The zero-order valence-electron chi connectivity index (χ0n) is 13.3. The molecule has 0 amide bonds. The SMILES string of the molecule is Cc1nc(N2CCN(C(C)CN)CC2)nc2c1CCCC2. The summed E-state index contributed by atoms with van der Waals surface area (Å²) < 4.78 is 0. The summed E-state index contributed by atoms with van der Waals surface area (Å²) in [4.78, 5) is 14.4. The fourth-order valence-corrected chi connectivity index (χ4v) is 3.42. The zero-order chi connectivity index (χ0) is 14.8. The monoisotopic (exact) mass is 289 g/mol. The smallest absolute Gasteiger partial charge is 0.225 e. The minimum Gasteiger partial charge on any atom is -0.338 e. The van der Waals surface area contributed by atoms with E-state index < -0.39 is 0 Å². The van der Waals surface area contributed by atoms with Crippen molar-refractivity contribution in [2.24, 2.45) is 5.73 Å². The molecule has 0 saturated carbocycles. The number of fused-ring (bicyclic) bond motifs is 1. The quantitative estimate of drug-likeness (QED) is 0.904. The number of nitrogens with zero attached hydrogens (tertiary/aromatic N) is 4. The predicted molar refractivity (Wildman–Crippen MR) is 85.7 cm³/mol. The van der Waals surface area contributed by atoms with Crippen molar-refractivity contribution in [3.63, 3.8) is 0 Å². The molecule has 1 aliphatic carbocycles. The van der Waals surface area contributed by atoms with Crippen molar-refractivity contribution in [1.29, 1.82) is 0 Å². The number of hydrogen-bond acceptors (Lipinski definition) is 5. The summed E-state index contributed by atoms with van der Waals surface area (Å²) >= 11 is 0. The van der Waals surface area contributed by atoms with Gasteiger partial charge in [-0.1, -0.05) is 0 Å². The van der Waals surface area contributed by atoms with Gasteiger partial charge >= 0.3 is 0 Å². The van der Waals surface area contributed by atoms with Crippen molar-refractivity contribution < 1.29 is 0 Å². The molecule has 1 aromatic rings. The Morgan fingerprint density at radius 3 is 2.52 bits per heavy atom. The Bertz CT molecular complexity index is 494. The number of hydrogen-bond donors (Lipinski definition) is 1. The zero-order valence-corrected chi connectivity index (χ0v) is 13.3. The van der Waals surface area contributed by atoms with Crippen molar-refractivity contribution in [2.75, 3.05) is 37.6 Å². The van der Waals surface area contributed by atoms with Crippen LogP contribution in [0.5, 0.6) is 0 Å². The molecule has 1 fully saturated rings. The lowest BCUT2D eigenvalue weighted by Crippen LogP contribution is -2.51. The summed E-state index contributed by atoms with van der Waals surface area (Å²) in [5, 5.41) is 0. The molecule has 1 saturated heterocycles. The molecule has 1 unspecified atom stereocenters. The summed E-state index contributed by atoms with van der Waals surface area (Å²) in [6.45, 7) is 9.19. The van der Waals surface area contributed by atoms with Gasteiger partial charge in [0.15, 0.2) is 0 Å². The largest absolute Gasteiger partial charge is 0.338 e. The van der Waals surface area contributed by atoms with Crippen LogP contribution in [0.25, 0.3) is 0 Å². The van der Waals surface area contributed by atoms with Gasteiger partial charge in [0.05, 0.1) is 0 Å². The molecule has 1 aliphatic heterocycles. The van der Waals surface area contributed by atoms with Crippen LogP contribution < -0.4 is 10.6 Å². The van der Waals surface area contributed by atoms with Crippen LogP contribution in [0.2, 0.25) is 0 Å². The van der Waals surface area contributed by atoms with Gasteiger partial charge < -0.3 is 10.6 Å². The van der Waals surface area contributed by atoms with E-state index in [0.29, 0.717) is 6.04 Å². The Hall–Kier alpha value is -1.20. The summed E-state index contributed by atoms with van der Waals surface area (Å²) in [6.07, 6.45) is 4.83. The molecule has 116 valence electrons. The van der Waals surface area contributed by atoms with Crippen molar-refractivity contribution in [1.82, 2.24) is 14.9 Å². The van der Waals surface area contributed by atoms with Crippen LogP contribution in [-0.2, 0) is 12.8 Å². The van der Waals surface area contributed by atoms with Crippen LogP contribution >= 0.6 is 0 Å². The van der Waals surface area contributed by atoms with E-state index in [2.05, 4.69) is 23.6 Å². The predicted octanol–water partition coefficient (Wildman–Crippen LogP) is 1.13. The van der Waals surface area contributed by atoms with Gasteiger partial charge in [0.2, 0.25) is 5.95 Å². The van der Waals surface area contributed by atoms with Crippen molar-refractivity contribution >= 4 is 5.95 Å². The van der Waals surface area contributed by atoms with E-state index in [1.54, 1.807) is 0 Å². The van der Waals surface area contributed by atoms with Crippen molar-refractivity contribution in [2.45, 2.75) is 45.6 Å². The second-order valence-electron chi connectivity index (χ2n) is 6.35. The molecular formula is C16H27N5. The van der Waals surface area contributed by atoms with Gasteiger partial charge in [-0.15, -0.1) is 0 Å². The summed E-state index contributed by atoms with van der Waals surface area (Å²) in [5.74, 6) is 0.938. The summed E-state index contributed by atoms with van der Waals surface area (Å²) in [5.41, 5.74) is 9.65. The molecule has 1 atom stereocenters. The summed E-state index contributed by atoms with van der Waals surface area (Å²) in [7, 11) is 0. The fraction of sp³-hybridized carbons (Fsp3) is 0.750. The second kappa shape index (κ2) is 6.28. The van der Waals surface area contributed by atoms with Crippen LogP contribution in [0.3, 0.4) is 0 Å². The molecule has 2 N–H and O–H groups in total. The highest BCUT2D eigenvalue weighted by molar-refractivity contribution is 5.38. The Balaban J connectivity index is 1.72. The van der Waals surface area contributed by atoms with E-state index in [9.17, 15) is 0 Å². The lowest BCUT2D eigenvalue weighted by Gasteiger charge is -2.38. The standard InChI is InChI=1S/C16H27N5/c1-12(11-17)20-7-9-21(10-8-20)16-18-13(2)14-5-3-4-6-15(14)19-16/h12H,3-11,17H2,1-2H3. The van der Waals surface area contributed by atoms with Gasteiger partial charge in [0, 0.05) is 50.2 Å². The highest BCUT2D eigenvalue weighted by atomic mass is 15.3. The number of nitrogens with two attached hydrogens (primary N) is 1. The minimum absolute atomic E-state index is 0.471. The third-order valence-corrected chi connectivity index (χ3v) is 4.94. The molecule has 0 radical (unpaired) electrons. The van der Waals surface area contributed by atoms with E-state index in [0.717, 1.165) is 51.5 Å². The van der Waals surface area contributed by atoms with Crippen LogP contribution in [0.15, 0.2) is 0 Å². The first-order chi connectivity index (χ1) is 10.2. The van der Waals surface area contributed by atoms with Gasteiger partial charge in [0.25, 0.3) is 0 Å². The number of piperazine rings is 1. The Morgan fingerprint density at radius 2 is 1.81 bits per heavy atom. The minimum atomic E-state index is 0.471. The van der Waals surface area contributed by atoms with Crippen molar-refractivity contribution in [3.8, 4) is 0 Å². The van der Waals surface area contributed by atoms with Gasteiger partial charge in [-0.3, -0.25) is 4.90 Å². The molecule has 3 rings (SSSR count). The topological polar surface area (TPSA) is 58.3 Å². The Morgan fingerprint density at radius 1 is 1.10 bits per heavy atom. The molecule has 21 heavy (non-hydrogen) atoms. The first kappa shape index (κ1) is 14.7. The molecule has 0 aromatic carbocycles. The molecular weight excluding hydrogens is 262 g/mol. The number of rotatable bonds is 3. The molecule has 2 aliphatic rings. The maximum atomic E-state index is 5.76. The van der Waals surface area contributed by atoms with Crippen LogP contribution in [0.4, 0.5) is 5.95 Å². The molecule has 5 heteroatoms. The molecule has 5 nitrogen and oxygen atoms in total. The normalized spacial score (nSPS) is 21.2. The Labute approximate surface area is 127 Å². The van der Waals surface area contributed by atoms with E-state index in [4.69, 9.17) is 15.7 Å². The highest BCUT2D eigenvalue weighted by Crippen LogP contribution is 2.24. The number of aryl methyl sites for hydroxylation is 2. The third kappa shape index (κ3) is 3.04. The molecule has 1 aromatic heterocycles. The number of anilines is 1. The first-order valence-corrected chi connectivity index (χ1v) is 8.24. The second-order valence-corrected chi connectivity index (χ2v) is 6.35. The van der Waals surface area contributed by atoms with Crippen molar-refractivity contribution in [3.05, 3.63) is 17.0 Å². The average Bonchev–Trinajstić information content (AvgIpc) is 2.54. The fourth-order valence-electron chi connectivity index (χ4n) is 3.42. The molecule has 0 spiro atoms. The van der Waals surface area contributed by atoms with E-state index in [-0.39, 0.29) is 0 Å². The highest BCUT2D eigenvalue weighted by Gasteiger charge is 2.23. The average molecular weight is 289 g/mol. The molecule has 0 bridgehead atoms. The maximum absolute atomic E-state index is 5.76. The van der Waals surface area contributed by atoms with Gasteiger partial charge in [0.1, 0.15) is 0 Å². The third-order valence-electron chi connectivity index (χ3n) is 4.94. The van der Waals surface area contributed by atoms with E-state index >= 15 is 0 Å². The van der Waals surface area contributed by atoms with Crippen LogP contribution in [-0.4, -0.2) is 53.6 Å². The Kier molecular flexibility index (Phi) is 4.40. The number of aromatic nitrogens is 2.